The van der Waals surface area contributed by atoms with E-state index >= 15 is 0 Å². The quantitative estimate of drug-likeness (QED) is 0.706. The van der Waals surface area contributed by atoms with Crippen molar-refractivity contribution in [1.29, 1.82) is 0 Å². The van der Waals surface area contributed by atoms with Gasteiger partial charge in [-0.3, -0.25) is 0 Å². The second-order valence-corrected chi connectivity index (χ2v) is 9.07. The van der Waals surface area contributed by atoms with Crippen molar-refractivity contribution in [1.82, 2.24) is 0 Å². The summed E-state index contributed by atoms with van der Waals surface area (Å²) < 4.78 is 85.5. The summed E-state index contributed by atoms with van der Waals surface area (Å²) in [5.41, 5.74) is -2.32. The van der Waals surface area contributed by atoms with Crippen molar-refractivity contribution < 1.29 is 33.6 Å². The van der Waals surface area contributed by atoms with Gasteiger partial charge in [0.15, 0.2) is 0 Å². The number of hydrogen-bond acceptors (Lipinski definition) is 5. The minimum atomic E-state index is -6.24. The predicted molar refractivity (Wildman–Crippen MR) is 90.0 cm³/mol. The van der Waals surface area contributed by atoms with Crippen LogP contribution in [0.3, 0.4) is 0 Å². The maximum atomic E-state index is 12.3. The van der Waals surface area contributed by atoms with E-state index in [1.54, 1.807) is 6.07 Å². The molecule has 5 nitrogen and oxygen atoms in total. The van der Waals surface area contributed by atoms with Crippen LogP contribution in [0.2, 0.25) is 0 Å². The fraction of sp³-hybridized carbons (Fsp3) is 0.250. The fourth-order valence-electron chi connectivity index (χ4n) is 2.39. The minimum absolute atomic E-state index is 0.0963. The highest BCUT2D eigenvalue weighted by Crippen LogP contribution is 2.28. The van der Waals surface area contributed by atoms with E-state index in [0.29, 0.717) is 5.56 Å². The van der Waals surface area contributed by atoms with Gasteiger partial charge in [0.25, 0.3) is 10.1 Å². The van der Waals surface area contributed by atoms with E-state index in [2.05, 4.69) is 3.63 Å². The third-order valence-corrected chi connectivity index (χ3v) is 6.10. The Morgan fingerprint density at radius 2 is 1.46 bits per heavy atom. The lowest BCUT2D eigenvalue weighted by Crippen LogP contribution is -2.28. The van der Waals surface area contributed by atoms with Gasteiger partial charge in [-0.1, -0.05) is 53.6 Å². The maximum absolute atomic E-state index is 12.3. The molecule has 26 heavy (non-hydrogen) atoms. The predicted octanol–water partition coefficient (Wildman–Crippen LogP) is 3.67. The largest absolute Gasteiger partial charge is 0.524 e. The molecule has 0 aliphatic rings. The average Bonchev–Trinajstić information content (AvgIpc) is 2.43. The van der Waals surface area contributed by atoms with Crippen LogP contribution in [0.1, 0.15) is 16.7 Å². The van der Waals surface area contributed by atoms with Gasteiger partial charge in [-0.2, -0.15) is 30.0 Å². The highest BCUT2D eigenvalue weighted by atomic mass is 32.3. The normalized spacial score (nSPS) is 13.0. The number of benzene rings is 2. The SMILES string of the molecule is Cc1cc(C)cc(-c2cccc(CS(=O)(=O)OS(=O)(=O)C(F)(F)F)c2)c1. The van der Waals surface area contributed by atoms with Gasteiger partial charge in [-0.25, -0.2) is 0 Å². The molecule has 2 aromatic carbocycles. The molecule has 0 N–H and O–H groups in total. The lowest BCUT2D eigenvalue weighted by atomic mass is 9.99. The first-order valence-corrected chi connectivity index (χ1v) is 10.2. The first-order chi connectivity index (χ1) is 11.8. The van der Waals surface area contributed by atoms with E-state index in [-0.39, 0.29) is 5.56 Å². The van der Waals surface area contributed by atoms with Gasteiger partial charge in [0, 0.05) is 0 Å². The molecule has 0 bridgehead atoms. The van der Waals surface area contributed by atoms with Gasteiger partial charge < -0.3 is 0 Å². The molecule has 2 rings (SSSR count). The molecule has 0 aliphatic carbocycles. The second kappa shape index (κ2) is 7.01. The van der Waals surface area contributed by atoms with Gasteiger partial charge in [-0.05, 0) is 30.5 Å². The molecule has 0 heterocycles. The Labute approximate surface area is 149 Å². The third kappa shape index (κ3) is 5.05. The van der Waals surface area contributed by atoms with Gasteiger partial charge >= 0.3 is 15.6 Å². The number of alkyl halides is 3. The smallest absolute Gasteiger partial charge is 0.198 e. The van der Waals surface area contributed by atoms with Crippen LogP contribution >= 0.6 is 0 Å². The van der Waals surface area contributed by atoms with Gasteiger partial charge in [0.1, 0.15) is 5.75 Å². The molecule has 0 aromatic heterocycles. The van der Waals surface area contributed by atoms with E-state index in [4.69, 9.17) is 0 Å². The summed E-state index contributed by atoms with van der Waals surface area (Å²) in [5.74, 6) is -1.01. The zero-order chi connectivity index (χ0) is 19.8. The third-order valence-electron chi connectivity index (χ3n) is 3.30. The Morgan fingerprint density at radius 3 is 2.00 bits per heavy atom. The second-order valence-electron chi connectivity index (χ2n) is 5.75. The molecule has 142 valence electrons. The molecular formula is C16H15F3O5S2. The minimum Gasteiger partial charge on any atom is -0.198 e. The molecule has 0 amide bonds. The fourth-order valence-corrected chi connectivity index (χ4v) is 4.57. The standard InChI is InChI=1S/C16H15F3O5S2/c1-11-6-12(2)8-15(7-11)14-5-3-4-13(9-14)10-25(20,21)24-26(22,23)16(17,18)19/h3-9H,10H2,1-2H3. The van der Waals surface area contributed by atoms with Crippen molar-refractivity contribution in [3.8, 4) is 11.1 Å². The molecule has 0 saturated heterocycles. The zero-order valence-electron chi connectivity index (χ0n) is 13.7. The van der Waals surface area contributed by atoms with Crippen molar-refractivity contribution >= 4 is 20.2 Å². The van der Waals surface area contributed by atoms with Gasteiger partial charge in [0.05, 0.1) is 0 Å². The first-order valence-electron chi connectivity index (χ1n) is 7.22. The number of aryl methyl sites for hydroxylation is 2. The van der Waals surface area contributed by atoms with E-state index in [0.717, 1.165) is 16.7 Å². The van der Waals surface area contributed by atoms with Crippen LogP contribution in [0.25, 0.3) is 11.1 Å². The lowest BCUT2D eigenvalue weighted by molar-refractivity contribution is -0.0498. The summed E-state index contributed by atoms with van der Waals surface area (Å²) >= 11 is 0. The number of halogens is 3. The van der Waals surface area contributed by atoms with Crippen molar-refractivity contribution in [2.45, 2.75) is 25.1 Å². The monoisotopic (exact) mass is 408 g/mol. The van der Waals surface area contributed by atoms with Gasteiger partial charge in [0.2, 0.25) is 0 Å². The molecule has 2 aromatic rings. The van der Waals surface area contributed by atoms with Gasteiger partial charge in [-0.15, -0.1) is 3.63 Å². The summed E-state index contributed by atoms with van der Waals surface area (Å²) in [6.45, 7) is 3.78. The van der Waals surface area contributed by atoms with Crippen LogP contribution in [0, 0.1) is 13.8 Å². The molecule has 0 spiro atoms. The van der Waals surface area contributed by atoms with Crippen molar-refractivity contribution in [2.75, 3.05) is 0 Å². The Kier molecular flexibility index (Phi) is 5.50. The molecule has 0 saturated carbocycles. The topological polar surface area (TPSA) is 77.5 Å². The van der Waals surface area contributed by atoms with Crippen molar-refractivity contribution in [2.24, 2.45) is 0 Å². The number of rotatable bonds is 5. The Balaban J connectivity index is 2.31. The number of hydrogen-bond donors (Lipinski definition) is 0. The lowest BCUT2D eigenvalue weighted by Gasteiger charge is -2.10. The van der Waals surface area contributed by atoms with Crippen molar-refractivity contribution in [3.63, 3.8) is 0 Å². The van der Waals surface area contributed by atoms with Crippen molar-refractivity contribution in [3.05, 3.63) is 59.2 Å². The zero-order valence-corrected chi connectivity index (χ0v) is 15.4. The molecule has 0 aliphatic heterocycles. The summed E-state index contributed by atoms with van der Waals surface area (Å²) in [5, 5.41) is 0. The summed E-state index contributed by atoms with van der Waals surface area (Å²) in [7, 11) is -11.2. The summed E-state index contributed by atoms with van der Waals surface area (Å²) in [6, 6.07) is 11.7. The molecule has 10 heteroatoms. The van der Waals surface area contributed by atoms with E-state index in [1.807, 2.05) is 32.0 Å². The first kappa shape index (κ1) is 20.4. The Morgan fingerprint density at radius 1 is 0.885 bits per heavy atom. The summed E-state index contributed by atoms with van der Waals surface area (Å²) in [4.78, 5) is 0. The van der Waals surface area contributed by atoms with Crippen LogP contribution < -0.4 is 0 Å². The Bertz CT molecular complexity index is 1010. The highest BCUT2D eigenvalue weighted by molar-refractivity contribution is 7.99. The van der Waals surface area contributed by atoms with Crippen LogP contribution in [-0.2, 0) is 29.6 Å². The molecule has 0 atom stereocenters. The van der Waals surface area contributed by atoms with E-state index in [1.165, 1.54) is 18.2 Å². The summed E-state index contributed by atoms with van der Waals surface area (Å²) in [6.07, 6.45) is 0. The molecule has 0 radical (unpaired) electrons. The highest BCUT2D eigenvalue weighted by Gasteiger charge is 2.50. The average molecular weight is 408 g/mol. The molecule has 0 unspecified atom stereocenters. The van der Waals surface area contributed by atoms with E-state index < -0.39 is 31.5 Å². The van der Waals surface area contributed by atoms with Crippen LogP contribution in [0.15, 0.2) is 42.5 Å². The van der Waals surface area contributed by atoms with Crippen LogP contribution in [0.5, 0.6) is 0 Å². The maximum Gasteiger partial charge on any atom is 0.524 e. The van der Waals surface area contributed by atoms with Crippen LogP contribution in [0.4, 0.5) is 13.2 Å². The molecule has 0 fully saturated rings. The van der Waals surface area contributed by atoms with Crippen LogP contribution in [-0.4, -0.2) is 22.3 Å². The molecular weight excluding hydrogens is 393 g/mol. The van der Waals surface area contributed by atoms with E-state index in [9.17, 15) is 30.0 Å². The Hall–Kier alpha value is -1.91.